The molecule has 2 N–H and O–H groups in total. The Morgan fingerprint density at radius 3 is 2.31 bits per heavy atom. The van der Waals surface area contributed by atoms with Crippen LogP contribution in [0.1, 0.15) is 74.1 Å². The molecule has 1 unspecified atom stereocenters. The zero-order chi connectivity index (χ0) is 39.9. The molecule has 5 aromatic rings. The summed E-state index contributed by atoms with van der Waals surface area (Å²) >= 11 is 0. The molecule has 0 bridgehead atoms. The summed E-state index contributed by atoms with van der Waals surface area (Å²) in [6, 6.07) is 24.9. The lowest BCUT2D eigenvalue weighted by atomic mass is 9.69. The van der Waals surface area contributed by atoms with Crippen LogP contribution in [-0.4, -0.2) is 88.0 Å². The van der Waals surface area contributed by atoms with Crippen molar-refractivity contribution in [3.05, 3.63) is 149 Å². The van der Waals surface area contributed by atoms with Gasteiger partial charge in [0, 0.05) is 49.9 Å². The van der Waals surface area contributed by atoms with Crippen LogP contribution in [0.5, 0.6) is 11.5 Å². The molecule has 3 atom stereocenters. The summed E-state index contributed by atoms with van der Waals surface area (Å²) in [6.45, 7) is 8.37. The van der Waals surface area contributed by atoms with Gasteiger partial charge in [0.15, 0.2) is 0 Å². The number of nitrogens with zero attached hydrogens (tertiary/aromatic N) is 5. The largest absolute Gasteiger partial charge is 0.508 e. The fourth-order valence-corrected chi connectivity index (χ4v) is 8.90. The number of allylic oxidation sites excluding steroid dienone is 1. The monoisotopic (exact) mass is 778 g/mol. The molecule has 4 heterocycles. The first-order chi connectivity index (χ1) is 28.2. The van der Waals surface area contributed by atoms with Gasteiger partial charge in [-0.25, -0.2) is 9.37 Å². The summed E-state index contributed by atoms with van der Waals surface area (Å²) in [6.07, 6.45) is 6.03. The van der Waals surface area contributed by atoms with Gasteiger partial charge in [0.2, 0.25) is 5.91 Å². The number of carbonyl (C=O) groups excluding carboxylic acids is 3. The van der Waals surface area contributed by atoms with E-state index in [9.17, 15) is 23.9 Å². The molecule has 1 aromatic heterocycles. The Labute approximate surface area is 335 Å². The predicted octanol–water partition coefficient (Wildman–Crippen LogP) is 6.44. The summed E-state index contributed by atoms with van der Waals surface area (Å²) in [4.78, 5) is 54.0. The Bertz CT molecular complexity index is 2400. The third kappa shape index (κ3) is 7.20. The number of nitrogens with one attached hydrogen (secondary N) is 1. The molecule has 3 amide bonds. The summed E-state index contributed by atoms with van der Waals surface area (Å²) in [5.74, 6) is 0.509. The van der Waals surface area contributed by atoms with Crippen LogP contribution in [0.25, 0.3) is 11.3 Å². The molecule has 3 aliphatic heterocycles. The smallest absolute Gasteiger partial charge is 0.262 e. The zero-order valence-corrected chi connectivity index (χ0v) is 31.9. The van der Waals surface area contributed by atoms with Crippen LogP contribution in [0.3, 0.4) is 0 Å². The minimum absolute atomic E-state index is 0.0732. The van der Waals surface area contributed by atoms with Crippen molar-refractivity contribution in [2.24, 2.45) is 0 Å². The molecule has 0 spiro atoms. The number of ether oxygens (including phenoxy) is 1. The standard InChI is InChI=1S/C46H43FN6O5/c1-28-2-17-41(44(55)50-28)53-45(56)38-15-8-32(25-39(38)46(53)57)40-26-49-42(27-48-40)52-20-18-51(19-21-52)22-23-58-35-12-5-30(6-13-35)43-36(29-3-9-33(47)10-4-29)14-7-31-24-34(54)11-16-37(31)43/h3-6,8-13,15-16,24-27,36,41,43,54H,1-2,7,14,17-23H2,(H,50,55)/t36-,41?,43+/m0/s1. The van der Waals surface area contributed by atoms with E-state index in [0.29, 0.717) is 36.4 Å². The van der Waals surface area contributed by atoms with Gasteiger partial charge in [-0.05, 0) is 102 Å². The average Bonchev–Trinajstić information content (AvgIpc) is 3.49. The van der Waals surface area contributed by atoms with E-state index >= 15 is 0 Å². The number of imide groups is 1. The van der Waals surface area contributed by atoms with Crippen LogP contribution in [0, 0.1) is 5.82 Å². The number of phenolic OH excluding ortho intramolecular Hbond substituents is 1. The molecular weight excluding hydrogens is 736 g/mol. The maximum absolute atomic E-state index is 13.8. The number of aryl methyl sites for hydroxylation is 1. The molecule has 4 aromatic carbocycles. The number of hydrogen-bond donors (Lipinski definition) is 2. The summed E-state index contributed by atoms with van der Waals surface area (Å²) in [7, 11) is 0. The van der Waals surface area contributed by atoms with Crippen molar-refractivity contribution >= 4 is 23.5 Å². The number of phenols is 1. The summed E-state index contributed by atoms with van der Waals surface area (Å²) < 4.78 is 20.0. The minimum atomic E-state index is -0.861. The molecule has 9 rings (SSSR count). The number of rotatable bonds is 9. The third-order valence-electron chi connectivity index (χ3n) is 12.0. The second kappa shape index (κ2) is 15.5. The van der Waals surface area contributed by atoms with Crippen LogP contribution >= 0.6 is 0 Å². The van der Waals surface area contributed by atoms with E-state index in [1.807, 2.05) is 36.4 Å². The number of halogens is 1. The molecule has 1 aliphatic carbocycles. The van der Waals surface area contributed by atoms with E-state index in [-0.39, 0.29) is 34.5 Å². The highest BCUT2D eigenvalue weighted by atomic mass is 19.1. The lowest BCUT2D eigenvalue weighted by Crippen LogP contribution is -2.51. The summed E-state index contributed by atoms with van der Waals surface area (Å²) in [5, 5.41) is 12.8. The maximum Gasteiger partial charge on any atom is 0.262 e. The normalized spacial score (nSPS) is 20.8. The summed E-state index contributed by atoms with van der Waals surface area (Å²) in [5.41, 5.74) is 6.96. The second-order valence-electron chi connectivity index (χ2n) is 15.5. The Morgan fingerprint density at radius 2 is 1.57 bits per heavy atom. The molecule has 12 heteroatoms. The molecular formula is C46H43FN6O5. The van der Waals surface area contributed by atoms with Crippen molar-refractivity contribution in [3.8, 4) is 22.8 Å². The number of hydrogen-bond acceptors (Lipinski definition) is 9. The highest BCUT2D eigenvalue weighted by molar-refractivity contribution is 6.23. The quantitative estimate of drug-likeness (QED) is 0.163. The Kier molecular flexibility index (Phi) is 9.94. The third-order valence-corrected chi connectivity index (χ3v) is 12.0. The first-order valence-corrected chi connectivity index (χ1v) is 19.8. The van der Waals surface area contributed by atoms with Crippen LogP contribution in [0.4, 0.5) is 10.2 Å². The predicted molar refractivity (Wildman–Crippen MR) is 216 cm³/mol. The molecule has 2 fully saturated rings. The molecule has 0 radical (unpaired) electrons. The van der Waals surface area contributed by atoms with E-state index in [4.69, 9.17) is 9.72 Å². The number of piperidine rings is 1. The molecule has 4 aliphatic rings. The number of aromatic hydroxyl groups is 1. The highest BCUT2D eigenvalue weighted by Gasteiger charge is 2.44. The number of benzene rings is 4. The fraction of sp³-hybridized carbons (Fsp3) is 0.283. The maximum atomic E-state index is 13.8. The number of fused-ring (bicyclic) bond motifs is 2. The zero-order valence-electron chi connectivity index (χ0n) is 31.9. The van der Waals surface area contributed by atoms with E-state index in [2.05, 4.69) is 38.8 Å². The highest BCUT2D eigenvalue weighted by Crippen LogP contribution is 2.47. The Morgan fingerprint density at radius 1 is 0.810 bits per heavy atom. The van der Waals surface area contributed by atoms with Gasteiger partial charge in [-0.3, -0.25) is 29.2 Å². The average molecular weight is 779 g/mol. The lowest BCUT2D eigenvalue weighted by molar-refractivity contribution is -0.125. The first-order valence-electron chi connectivity index (χ1n) is 19.8. The number of piperazine rings is 1. The van der Waals surface area contributed by atoms with Crippen molar-refractivity contribution in [2.45, 2.75) is 43.6 Å². The fourth-order valence-electron chi connectivity index (χ4n) is 8.90. The Balaban J connectivity index is 0.781. The van der Waals surface area contributed by atoms with Gasteiger partial charge in [0.05, 0.1) is 29.2 Å². The Hall–Kier alpha value is -6.40. The number of anilines is 1. The van der Waals surface area contributed by atoms with Crippen molar-refractivity contribution in [3.63, 3.8) is 0 Å². The van der Waals surface area contributed by atoms with Crippen molar-refractivity contribution in [2.75, 3.05) is 44.2 Å². The van der Waals surface area contributed by atoms with Gasteiger partial charge < -0.3 is 20.1 Å². The minimum Gasteiger partial charge on any atom is -0.508 e. The topological polar surface area (TPSA) is 128 Å². The van der Waals surface area contributed by atoms with Gasteiger partial charge in [0.25, 0.3) is 11.8 Å². The molecule has 0 saturated carbocycles. The van der Waals surface area contributed by atoms with Crippen molar-refractivity contribution < 1.29 is 28.6 Å². The SMILES string of the molecule is C=C1CCC(N2C(=O)c3ccc(-c4cnc(N5CCN(CCOc6ccc([C@H]7c8ccc(O)cc8CC[C@H]7c7ccc(F)cc7)cc6)CC5)cn4)cc3C2=O)C(=O)N1. The van der Waals surface area contributed by atoms with E-state index < -0.39 is 23.8 Å². The number of amides is 3. The van der Waals surface area contributed by atoms with Crippen LogP contribution < -0.4 is 15.0 Å². The molecule has 2 saturated heterocycles. The molecule has 294 valence electrons. The van der Waals surface area contributed by atoms with Gasteiger partial charge in [-0.2, -0.15) is 0 Å². The van der Waals surface area contributed by atoms with E-state index in [1.54, 1.807) is 36.7 Å². The van der Waals surface area contributed by atoms with Gasteiger partial charge in [-0.1, -0.05) is 43.0 Å². The van der Waals surface area contributed by atoms with E-state index in [1.165, 1.54) is 17.7 Å². The van der Waals surface area contributed by atoms with Gasteiger partial charge >= 0.3 is 0 Å². The van der Waals surface area contributed by atoms with Crippen molar-refractivity contribution in [1.82, 2.24) is 25.1 Å². The van der Waals surface area contributed by atoms with Crippen LogP contribution in [0.2, 0.25) is 0 Å². The second-order valence-corrected chi connectivity index (χ2v) is 15.5. The van der Waals surface area contributed by atoms with E-state index in [0.717, 1.165) is 78.7 Å². The number of carbonyl (C=O) groups is 3. The van der Waals surface area contributed by atoms with Gasteiger partial charge in [0.1, 0.15) is 35.8 Å². The van der Waals surface area contributed by atoms with Crippen molar-refractivity contribution in [1.29, 1.82) is 0 Å². The molecule has 11 nitrogen and oxygen atoms in total. The van der Waals surface area contributed by atoms with Crippen LogP contribution in [-0.2, 0) is 11.2 Å². The first kappa shape index (κ1) is 37.2. The van der Waals surface area contributed by atoms with Crippen LogP contribution in [0.15, 0.2) is 110 Å². The lowest BCUT2D eigenvalue weighted by Gasteiger charge is -2.35. The van der Waals surface area contributed by atoms with Gasteiger partial charge in [-0.15, -0.1) is 0 Å². The molecule has 58 heavy (non-hydrogen) atoms. The number of aromatic nitrogens is 2.